The number of halogens is 4. The Balaban J connectivity index is 2.42. The van der Waals surface area contributed by atoms with Gasteiger partial charge in [-0.2, -0.15) is 13.2 Å². The molecule has 0 aliphatic rings. The van der Waals surface area contributed by atoms with E-state index in [0.29, 0.717) is 6.29 Å². The number of ether oxygens (including phenoxy) is 2. The molecule has 0 bridgehead atoms. The maximum Gasteiger partial charge on any atom is 0.411 e. The van der Waals surface area contributed by atoms with Gasteiger partial charge in [-0.1, -0.05) is 6.07 Å². The van der Waals surface area contributed by atoms with Crippen LogP contribution < -0.4 is 4.74 Å². The van der Waals surface area contributed by atoms with Gasteiger partial charge in [0.15, 0.2) is 17.9 Å². The Morgan fingerprint density at radius 2 is 1.94 bits per heavy atom. The van der Waals surface area contributed by atoms with Crippen LogP contribution in [0.4, 0.5) is 17.6 Å². The summed E-state index contributed by atoms with van der Waals surface area (Å²) in [5.41, 5.74) is -0.00850. The molecule has 0 fully saturated rings. The Hall–Kier alpha value is -1.63. The van der Waals surface area contributed by atoms with Gasteiger partial charge >= 0.3 is 6.18 Å². The summed E-state index contributed by atoms with van der Waals surface area (Å²) in [6.07, 6.45) is -4.01. The van der Waals surface area contributed by atoms with Crippen LogP contribution in [-0.2, 0) is 4.74 Å². The first-order valence-corrected chi connectivity index (χ1v) is 4.95. The summed E-state index contributed by atoms with van der Waals surface area (Å²) in [5.74, 6) is -1.04. The molecule has 0 amide bonds. The average Bonchev–Trinajstić information content (AvgIpc) is 2.29. The standard InChI is InChI=1S/C11H10F4O3/c12-9-3-1-2-8(6-16)10(9)18-5-4-17-7-11(13,14)15/h1-3,6H,4-5,7H2. The van der Waals surface area contributed by atoms with Crippen molar-refractivity contribution >= 4 is 6.29 Å². The molecule has 0 radical (unpaired) electrons. The Kier molecular flexibility index (Phi) is 5.08. The van der Waals surface area contributed by atoms with E-state index in [0.717, 1.165) is 6.07 Å². The molecule has 100 valence electrons. The molecule has 7 heteroatoms. The molecule has 0 saturated heterocycles. The van der Waals surface area contributed by atoms with Gasteiger partial charge in [0, 0.05) is 0 Å². The summed E-state index contributed by atoms with van der Waals surface area (Å²) in [5, 5.41) is 0. The van der Waals surface area contributed by atoms with Crippen molar-refractivity contribution in [3.63, 3.8) is 0 Å². The van der Waals surface area contributed by atoms with E-state index >= 15 is 0 Å². The third-order valence-corrected chi connectivity index (χ3v) is 1.86. The smallest absolute Gasteiger partial charge is 0.411 e. The van der Waals surface area contributed by atoms with E-state index in [1.807, 2.05) is 0 Å². The topological polar surface area (TPSA) is 35.5 Å². The van der Waals surface area contributed by atoms with Crippen molar-refractivity contribution in [2.24, 2.45) is 0 Å². The number of carbonyl (C=O) groups is 1. The first-order chi connectivity index (χ1) is 8.44. The lowest BCUT2D eigenvalue weighted by molar-refractivity contribution is -0.175. The van der Waals surface area contributed by atoms with Gasteiger partial charge in [0.25, 0.3) is 0 Å². The molecule has 0 N–H and O–H groups in total. The van der Waals surface area contributed by atoms with E-state index in [-0.39, 0.29) is 24.5 Å². The van der Waals surface area contributed by atoms with Gasteiger partial charge in [-0.05, 0) is 12.1 Å². The number of hydrogen-bond acceptors (Lipinski definition) is 3. The third kappa shape index (κ3) is 4.70. The molecule has 3 nitrogen and oxygen atoms in total. The minimum atomic E-state index is -4.41. The summed E-state index contributed by atoms with van der Waals surface area (Å²) in [4.78, 5) is 10.6. The second-order valence-corrected chi connectivity index (χ2v) is 3.29. The second kappa shape index (κ2) is 6.34. The van der Waals surface area contributed by atoms with Crippen LogP contribution >= 0.6 is 0 Å². The normalized spacial score (nSPS) is 11.3. The molecule has 1 rings (SSSR count). The number of para-hydroxylation sites is 1. The molecule has 0 aliphatic heterocycles. The highest BCUT2D eigenvalue weighted by atomic mass is 19.4. The van der Waals surface area contributed by atoms with Gasteiger partial charge in [-0.3, -0.25) is 4.79 Å². The molecule has 0 heterocycles. The van der Waals surface area contributed by atoms with Crippen molar-refractivity contribution in [1.82, 2.24) is 0 Å². The number of carbonyl (C=O) groups excluding carboxylic acids is 1. The van der Waals surface area contributed by atoms with E-state index < -0.39 is 18.6 Å². The van der Waals surface area contributed by atoms with Crippen molar-refractivity contribution in [1.29, 1.82) is 0 Å². The van der Waals surface area contributed by atoms with Crippen LogP contribution in [0.25, 0.3) is 0 Å². The molecule has 1 aromatic rings. The van der Waals surface area contributed by atoms with Crippen LogP contribution in [-0.4, -0.2) is 32.3 Å². The lowest BCUT2D eigenvalue weighted by Crippen LogP contribution is -2.19. The summed E-state index contributed by atoms with van der Waals surface area (Å²) >= 11 is 0. The van der Waals surface area contributed by atoms with E-state index in [1.165, 1.54) is 12.1 Å². The molecule has 1 aromatic carbocycles. The highest BCUT2D eigenvalue weighted by Gasteiger charge is 2.27. The number of alkyl halides is 3. The number of aldehydes is 1. The molecule has 0 saturated carbocycles. The number of hydrogen-bond donors (Lipinski definition) is 0. The van der Waals surface area contributed by atoms with Crippen molar-refractivity contribution in [2.45, 2.75) is 6.18 Å². The van der Waals surface area contributed by atoms with E-state index in [2.05, 4.69) is 4.74 Å². The fourth-order valence-corrected chi connectivity index (χ4v) is 1.16. The zero-order chi connectivity index (χ0) is 13.6. The van der Waals surface area contributed by atoms with E-state index in [4.69, 9.17) is 4.74 Å². The summed E-state index contributed by atoms with van der Waals surface area (Å²) in [7, 11) is 0. The Morgan fingerprint density at radius 1 is 1.22 bits per heavy atom. The van der Waals surface area contributed by atoms with Gasteiger partial charge in [0.05, 0.1) is 12.2 Å². The summed E-state index contributed by atoms with van der Waals surface area (Å²) < 4.78 is 57.5. The predicted molar refractivity (Wildman–Crippen MR) is 54.2 cm³/mol. The fraction of sp³-hybridized carbons (Fsp3) is 0.364. The van der Waals surface area contributed by atoms with Crippen LogP contribution in [0.3, 0.4) is 0 Å². The van der Waals surface area contributed by atoms with Gasteiger partial charge in [0.1, 0.15) is 13.2 Å². The predicted octanol–water partition coefficient (Wildman–Crippen LogP) is 2.60. The molecule has 0 aromatic heterocycles. The van der Waals surface area contributed by atoms with Crippen LogP contribution in [0.1, 0.15) is 10.4 Å². The van der Waals surface area contributed by atoms with Crippen molar-refractivity contribution < 1.29 is 31.8 Å². The van der Waals surface area contributed by atoms with Gasteiger partial charge in [0.2, 0.25) is 0 Å². The Labute approximate surface area is 100 Å². The largest absolute Gasteiger partial charge is 0.487 e. The first kappa shape index (κ1) is 14.4. The molecular weight excluding hydrogens is 256 g/mol. The van der Waals surface area contributed by atoms with Gasteiger partial charge in [-0.15, -0.1) is 0 Å². The minimum Gasteiger partial charge on any atom is -0.487 e. The highest BCUT2D eigenvalue weighted by molar-refractivity contribution is 5.79. The first-order valence-electron chi connectivity index (χ1n) is 4.95. The molecule has 18 heavy (non-hydrogen) atoms. The maximum atomic E-state index is 13.2. The number of benzene rings is 1. The Bertz CT molecular complexity index is 404. The molecule has 0 unspecified atom stereocenters. The number of rotatable bonds is 6. The monoisotopic (exact) mass is 266 g/mol. The average molecular weight is 266 g/mol. The lowest BCUT2D eigenvalue weighted by Gasteiger charge is -2.10. The van der Waals surface area contributed by atoms with E-state index in [1.54, 1.807) is 0 Å². The zero-order valence-corrected chi connectivity index (χ0v) is 9.17. The molecular formula is C11H10F4O3. The maximum absolute atomic E-state index is 13.2. The van der Waals surface area contributed by atoms with Crippen molar-refractivity contribution in [3.8, 4) is 5.75 Å². The van der Waals surface area contributed by atoms with Gasteiger partial charge in [-0.25, -0.2) is 4.39 Å². The highest BCUT2D eigenvalue weighted by Crippen LogP contribution is 2.21. The zero-order valence-electron chi connectivity index (χ0n) is 9.17. The van der Waals surface area contributed by atoms with Crippen LogP contribution in [0, 0.1) is 5.82 Å². The molecule has 0 spiro atoms. The minimum absolute atomic E-state index is 0.00850. The second-order valence-electron chi connectivity index (χ2n) is 3.29. The van der Waals surface area contributed by atoms with Crippen molar-refractivity contribution in [2.75, 3.05) is 19.8 Å². The van der Waals surface area contributed by atoms with Crippen LogP contribution in [0.15, 0.2) is 18.2 Å². The Morgan fingerprint density at radius 3 is 2.56 bits per heavy atom. The lowest BCUT2D eigenvalue weighted by atomic mass is 10.2. The SMILES string of the molecule is O=Cc1cccc(F)c1OCCOCC(F)(F)F. The summed E-state index contributed by atoms with van der Waals surface area (Å²) in [6.45, 7) is -2.03. The van der Waals surface area contributed by atoms with Gasteiger partial charge < -0.3 is 9.47 Å². The van der Waals surface area contributed by atoms with Crippen LogP contribution in [0.5, 0.6) is 5.75 Å². The summed E-state index contributed by atoms with van der Waals surface area (Å²) in [6, 6.07) is 3.74. The van der Waals surface area contributed by atoms with Crippen molar-refractivity contribution in [3.05, 3.63) is 29.6 Å². The van der Waals surface area contributed by atoms with Crippen LogP contribution in [0.2, 0.25) is 0 Å². The van der Waals surface area contributed by atoms with E-state index in [9.17, 15) is 22.4 Å². The quantitative estimate of drug-likeness (QED) is 0.451. The third-order valence-electron chi connectivity index (χ3n) is 1.86. The molecule has 0 aliphatic carbocycles. The molecule has 0 atom stereocenters. The fourth-order valence-electron chi connectivity index (χ4n) is 1.16.